The molecule has 2 aromatic heterocycles. The van der Waals surface area contributed by atoms with Gasteiger partial charge in [-0.1, -0.05) is 0 Å². The zero-order valence-electron chi connectivity index (χ0n) is 11.4. The molecule has 0 spiro atoms. The summed E-state index contributed by atoms with van der Waals surface area (Å²) in [6.45, 7) is 3.01. The van der Waals surface area contributed by atoms with Crippen LogP contribution in [0.25, 0.3) is 0 Å². The van der Waals surface area contributed by atoms with Crippen molar-refractivity contribution in [2.75, 3.05) is 36.0 Å². The summed E-state index contributed by atoms with van der Waals surface area (Å²) in [4.78, 5) is 18.2. The lowest BCUT2D eigenvalue weighted by molar-refractivity contribution is 0.642. The van der Waals surface area contributed by atoms with Crippen molar-refractivity contribution in [2.45, 2.75) is 0 Å². The third-order valence-corrected chi connectivity index (χ3v) is 3.52. The Bertz CT molecular complexity index is 726. The minimum Gasteiger partial charge on any atom is -0.368 e. The summed E-state index contributed by atoms with van der Waals surface area (Å²) in [5.74, 6) is 0.630. The van der Waals surface area contributed by atoms with Gasteiger partial charge >= 0.3 is 0 Å². The Labute approximate surface area is 121 Å². The number of aromatic nitrogens is 3. The number of H-pyrrole nitrogens is 1. The van der Waals surface area contributed by atoms with Crippen LogP contribution >= 0.6 is 0 Å². The number of aromatic amines is 1. The number of rotatable bonds is 2. The van der Waals surface area contributed by atoms with Gasteiger partial charge in [0.25, 0.3) is 0 Å². The first-order valence-electron chi connectivity index (χ1n) is 6.68. The number of pyridine rings is 1. The van der Waals surface area contributed by atoms with Crippen LogP contribution in [-0.2, 0) is 0 Å². The molecule has 1 aliphatic rings. The number of nitrogens with zero attached hydrogens (tertiary/aromatic N) is 5. The molecule has 0 amide bonds. The lowest BCUT2D eigenvalue weighted by Crippen LogP contribution is -2.47. The molecule has 0 aliphatic carbocycles. The molecule has 1 saturated heterocycles. The van der Waals surface area contributed by atoms with Crippen molar-refractivity contribution in [3.63, 3.8) is 0 Å². The van der Waals surface area contributed by atoms with Crippen LogP contribution in [0.1, 0.15) is 5.56 Å². The molecule has 0 atom stereocenters. The molecule has 7 heteroatoms. The van der Waals surface area contributed by atoms with Crippen molar-refractivity contribution in [3.05, 3.63) is 46.5 Å². The second-order valence-electron chi connectivity index (χ2n) is 4.77. The Balaban J connectivity index is 1.74. The quantitative estimate of drug-likeness (QED) is 0.855. The molecule has 1 N–H and O–H groups in total. The monoisotopic (exact) mass is 282 g/mol. The van der Waals surface area contributed by atoms with E-state index < -0.39 is 0 Å². The van der Waals surface area contributed by atoms with Gasteiger partial charge in [-0.25, -0.2) is 0 Å². The lowest BCUT2D eigenvalue weighted by atomic mass is 10.2. The molecule has 1 aliphatic heterocycles. The predicted molar refractivity (Wildman–Crippen MR) is 78.2 cm³/mol. The first-order chi connectivity index (χ1) is 10.3. The van der Waals surface area contributed by atoms with E-state index in [0.29, 0.717) is 11.4 Å². The van der Waals surface area contributed by atoms with E-state index in [9.17, 15) is 4.79 Å². The maximum absolute atomic E-state index is 11.4. The van der Waals surface area contributed by atoms with Crippen molar-refractivity contribution in [1.82, 2.24) is 15.2 Å². The van der Waals surface area contributed by atoms with E-state index in [2.05, 4.69) is 31.1 Å². The van der Waals surface area contributed by atoms with Crippen LogP contribution in [0.3, 0.4) is 0 Å². The molecule has 106 valence electrons. The maximum Gasteiger partial charge on any atom is 0.249 e. The van der Waals surface area contributed by atoms with Crippen LogP contribution in [0.2, 0.25) is 0 Å². The van der Waals surface area contributed by atoms with Crippen LogP contribution in [0, 0.1) is 11.3 Å². The highest BCUT2D eigenvalue weighted by atomic mass is 16.1. The summed E-state index contributed by atoms with van der Waals surface area (Å²) >= 11 is 0. The van der Waals surface area contributed by atoms with Crippen molar-refractivity contribution >= 4 is 11.5 Å². The second-order valence-corrected chi connectivity index (χ2v) is 4.77. The van der Waals surface area contributed by atoms with Gasteiger partial charge in [0.15, 0.2) is 5.82 Å². The third kappa shape index (κ3) is 2.69. The summed E-state index contributed by atoms with van der Waals surface area (Å²) in [6.07, 6.45) is 3.18. The van der Waals surface area contributed by atoms with Crippen molar-refractivity contribution in [1.29, 1.82) is 5.26 Å². The highest BCUT2D eigenvalue weighted by Gasteiger charge is 2.20. The molecule has 0 aromatic carbocycles. The first-order valence-corrected chi connectivity index (χ1v) is 6.68. The molecular weight excluding hydrogens is 268 g/mol. The van der Waals surface area contributed by atoms with Crippen LogP contribution < -0.4 is 15.4 Å². The minimum absolute atomic E-state index is 0.101. The van der Waals surface area contributed by atoms with Crippen molar-refractivity contribution in [2.24, 2.45) is 0 Å². The molecule has 3 heterocycles. The molecule has 0 unspecified atom stereocenters. The highest BCUT2D eigenvalue weighted by Crippen LogP contribution is 2.19. The van der Waals surface area contributed by atoms with Crippen LogP contribution in [0.5, 0.6) is 0 Å². The summed E-state index contributed by atoms with van der Waals surface area (Å²) in [5.41, 5.74) is 1.35. The van der Waals surface area contributed by atoms with E-state index in [1.807, 2.05) is 6.07 Å². The van der Waals surface area contributed by atoms with Crippen LogP contribution in [0.4, 0.5) is 11.5 Å². The number of nitrogens with one attached hydrogen (secondary N) is 1. The molecule has 0 radical (unpaired) electrons. The summed E-state index contributed by atoms with van der Waals surface area (Å²) in [7, 11) is 0. The molecule has 2 aromatic rings. The van der Waals surface area contributed by atoms with Crippen LogP contribution in [-0.4, -0.2) is 41.4 Å². The van der Waals surface area contributed by atoms with Gasteiger partial charge < -0.3 is 14.8 Å². The van der Waals surface area contributed by atoms with E-state index in [4.69, 9.17) is 5.26 Å². The first kappa shape index (κ1) is 13.1. The molecule has 1 fully saturated rings. The summed E-state index contributed by atoms with van der Waals surface area (Å²) < 4.78 is 0. The van der Waals surface area contributed by atoms with E-state index in [1.165, 1.54) is 6.20 Å². The maximum atomic E-state index is 11.4. The van der Waals surface area contributed by atoms with Crippen molar-refractivity contribution < 1.29 is 0 Å². The Kier molecular flexibility index (Phi) is 3.51. The number of hydrogen-bond donors (Lipinski definition) is 1. The van der Waals surface area contributed by atoms with Gasteiger partial charge in [-0.2, -0.15) is 10.4 Å². The van der Waals surface area contributed by atoms with E-state index in [0.717, 1.165) is 31.9 Å². The third-order valence-electron chi connectivity index (χ3n) is 3.52. The van der Waals surface area contributed by atoms with E-state index >= 15 is 0 Å². The van der Waals surface area contributed by atoms with Gasteiger partial charge in [0.05, 0.1) is 11.8 Å². The highest BCUT2D eigenvalue weighted by molar-refractivity contribution is 5.54. The van der Waals surface area contributed by atoms with Gasteiger partial charge in [-0.3, -0.25) is 4.79 Å². The number of hydrogen-bond acceptors (Lipinski definition) is 6. The summed E-state index contributed by atoms with van der Waals surface area (Å²) in [6, 6.07) is 7.30. The van der Waals surface area contributed by atoms with Gasteiger partial charge in [0.2, 0.25) is 5.56 Å². The second kappa shape index (κ2) is 5.63. The fraction of sp³-hybridized carbons (Fsp3) is 0.286. The van der Waals surface area contributed by atoms with Gasteiger partial charge in [0, 0.05) is 44.1 Å². The average Bonchev–Trinajstić information content (AvgIpc) is 2.55. The molecule has 0 bridgehead atoms. The minimum atomic E-state index is -0.101. The standard InChI is InChI=1S/C14H14N6O/c15-10-11-1-4-17-18-14(11)20-7-5-19(6-8-20)12-2-3-16-13(21)9-12/h1-4,9H,5-8H2,(H,16,21). The van der Waals surface area contributed by atoms with Gasteiger partial charge in [-0.05, 0) is 12.1 Å². The Morgan fingerprint density at radius 1 is 1.19 bits per heavy atom. The van der Waals surface area contributed by atoms with Crippen LogP contribution in [0.15, 0.2) is 35.4 Å². The molecule has 0 saturated carbocycles. The van der Waals surface area contributed by atoms with Crippen molar-refractivity contribution in [3.8, 4) is 6.07 Å². The average molecular weight is 282 g/mol. The number of anilines is 2. The fourth-order valence-electron chi connectivity index (χ4n) is 2.45. The number of nitriles is 1. The largest absolute Gasteiger partial charge is 0.368 e. The molecule has 7 nitrogen and oxygen atoms in total. The Morgan fingerprint density at radius 2 is 1.95 bits per heavy atom. The summed E-state index contributed by atoms with van der Waals surface area (Å²) in [5, 5.41) is 17.0. The smallest absolute Gasteiger partial charge is 0.249 e. The Morgan fingerprint density at radius 3 is 2.67 bits per heavy atom. The number of piperazine rings is 1. The molecular formula is C14H14N6O. The van der Waals surface area contributed by atoms with Gasteiger partial charge in [-0.15, -0.1) is 5.10 Å². The van der Waals surface area contributed by atoms with Gasteiger partial charge in [0.1, 0.15) is 6.07 Å². The zero-order valence-corrected chi connectivity index (χ0v) is 11.4. The molecule has 3 rings (SSSR count). The fourth-order valence-corrected chi connectivity index (χ4v) is 2.45. The van der Waals surface area contributed by atoms with E-state index in [-0.39, 0.29) is 5.56 Å². The Hall–Kier alpha value is -2.88. The molecule has 21 heavy (non-hydrogen) atoms. The normalized spacial score (nSPS) is 14.8. The SMILES string of the molecule is N#Cc1ccnnc1N1CCN(c2cc[nH]c(=O)c2)CC1. The van der Waals surface area contributed by atoms with E-state index in [1.54, 1.807) is 18.3 Å². The lowest BCUT2D eigenvalue weighted by Gasteiger charge is -2.36. The topological polar surface area (TPSA) is 88.9 Å². The zero-order chi connectivity index (χ0) is 14.7. The predicted octanol–water partition coefficient (Wildman–Crippen LogP) is 0.363.